The van der Waals surface area contributed by atoms with Crippen molar-refractivity contribution >= 4 is 11.7 Å². The monoisotopic (exact) mass is 338 g/mol. The van der Waals surface area contributed by atoms with Gasteiger partial charge in [0.1, 0.15) is 0 Å². The molecule has 0 aliphatic rings. The molecule has 0 radical (unpaired) electrons. The zero-order chi connectivity index (χ0) is 17.6. The van der Waals surface area contributed by atoms with Gasteiger partial charge in [0.05, 0.1) is 17.0 Å². The van der Waals surface area contributed by atoms with Crippen molar-refractivity contribution in [2.45, 2.75) is 6.54 Å². The number of hydroxylamine groups is 1. The van der Waals surface area contributed by atoms with E-state index in [0.29, 0.717) is 12.1 Å². The highest BCUT2D eigenvalue weighted by molar-refractivity contribution is 5.89. The van der Waals surface area contributed by atoms with Crippen LogP contribution in [0.2, 0.25) is 0 Å². The molecule has 2 aromatic carbocycles. The van der Waals surface area contributed by atoms with E-state index in [2.05, 4.69) is 5.48 Å². The van der Waals surface area contributed by atoms with E-state index in [4.69, 9.17) is 10.0 Å². The van der Waals surface area contributed by atoms with Crippen LogP contribution in [-0.2, 0) is 11.4 Å². The first-order valence-corrected chi connectivity index (χ1v) is 7.57. The standard InChI is InChI=1S/C18H16N3O4/c22-18(14-5-2-1-3-6-14)25-19-13-17-7-4-12-20(17)15-8-10-16(11-9-15)21(23)24/h1-12,19H,13H2,(H,23,24)/q+1. The fraction of sp³-hybridized carbons (Fsp3) is 0.0556. The highest BCUT2D eigenvalue weighted by Crippen LogP contribution is 2.17. The second-order valence-electron chi connectivity index (χ2n) is 5.24. The Kier molecular flexibility index (Phi) is 4.87. The first-order chi connectivity index (χ1) is 12.1. The molecule has 25 heavy (non-hydrogen) atoms. The first-order valence-electron chi connectivity index (χ1n) is 7.57. The fourth-order valence-corrected chi connectivity index (χ4v) is 2.36. The minimum atomic E-state index is -0.457. The Morgan fingerprint density at radius 2 is 1.76 bits per heavy atom. The zero-order valence-electron chi connectivity index (χ0n) is 13.2. The molecule has 0 amide bonds. The zero-order valence-corrected chi connectivity index (χ0v) is 13.2. The molecule has 0 unspecified atom stereocenters. The Morgan fingerprint density at radius 1 is 1.04 bits per heavy atom. The molecule has 0 aliphatic heterocycles. The van der Waals surface area contributed by atoms with Crippen LogP contribution < -0.4 is 5.48 Å². The number of benzene rings is 2. The molecular weight excluding hydrogens is 322 g/mol. The third-order valence-electron chi connectivity index (χ3n) is 3.61. The van der Waals surface area contributed by atoms with Crippen molar-refractivity contribution in [3.63, 3.8) is 0 Å². The van der Waals surface area contributed by atoms with Crippen LogP contribution in [0.15, 0.2) is 72.9 Å². The average molecular weight is 338 g/mol. The predicted molar refractivity (Wildman–Crippen MR) is 89.5 cm³/mol. The van der Waals surface area contributed by atoms with Gasteiger partial charge in [0.25, 0.3) is 4.92 Å². The maximum absolute atomic E-state index is 11.9. The lowest BCUT2D eigenvalue weighted by molar-refractivity contribution is -0.729. The summed E-state index contributed by atoms with van der Waals surface area (Å²) >= 11 is 0. The Labute approximate surface area is 143 Å². The number of nitrogens with one attached hydrogen (secondary N) is 1. The number of carbonyl (C=O) groups is 1. The van der Waals surface area contributed by atoms with Crippen LogP contribution in [0.5, 0.6) is 0 Å². The maximum Gasteiger partial charge on any atom is 0.356 e. The highest BCUT2D eigenvalue weighted by atomic mass is 16.7. The Balaban J connectivity index is 1.64. The van der Waals surface area contributed by atoms with E-state index in [-0.39, 0.29) is 10.6 Å². The summed E-state index contributed by atoms with van der Waals surface area (Å²) in [6.45, 7) is 0.307. The third-order valence-corrected chi connectivity index (χ3v) is 3.61. The van der Waals surface area contributed by atoms with Crippen LogP contribution in [0.1, 0.15) is 16.1 Å². The summed E-state index contributed by atoms with van der Waals surface area (Å²) in [5.74, 6) is -0.457. The number of hydrogen-bond acceptors (Lipinski definition) is 4. The van der Waals surface area contributed by atoms with Gasteiger partial charge < -0.3 is 9.40 Å². The highest BCUT2D eigenvalue weighted by Gasteiger charge is 2.12. The molecule has 2 N–H and O–H groups in total. The van der Waals surface area contributed by atoms with Gasteiger partial charge in [-0.3, -0.25) is 0 Å². The summed E-state index contributed by atoms with van der Waals surface area (Å²) in [4.78, 5) is 27.6. The molecule has 0 bridgehead atoms. The van der Waals surface area contributed by atoms with Crippen LogP contribution >= 0.6 is 0 Å². The van der Waals surface area contributed by atoms with Gasteiger partial charge >= 0.3 is 11.7 Å². The molecule has 1 heterocycles. The van der Waals surface area contributed by atoms with Crippen molar-refractivity contribution in [2.24, 2.45) is 0 Å². The normalized spacial score (nSPS) is 10.4. The van der Waals surface area contributed by atoms with Gasteiger partial charge in [-0.1, -0.05) is 18.2 Å². The fourth-order valence-electron chi connectivity index (χ4n) is 2.36. The van der Waals surface area contributed by atoms with E-state index in [1.165, 1.54) is 12.1 Å². The minimum absolute atomic E-state index is 0.146. The van der Waals surface area contributed by atoms with Crippen LogP contribution in [0.3, 0.4) is 0 Å². The lowest BCUT2D eigenvalue weighted by atomic mass is 10.2. The number of hydrogen-bond donors (Lipinski definition) is 2. The topological polar surface area (TPSA) is 83.6 Å². The molecule has 0 fully saturated rings. The molecule has 3 rings (SSSR count). The van der Waals surface area contributed by atoms with Crippen molar-refractivity contribution < 1.29 is 19.8 Å². The van der Waals surface area contributed by atoms with E-state index in [1.54, 1.807) is 36.4 Å². The summed E-state index contributed by atoms with van der Waals surface area (Å²) in [6.07, 6.45) is 1.85. The molecule has 0 saturated heterocycles. The molecule has 0 aliphatic carbocycles. The molecule has 1 aromatic heterocycles. The van der Waals surface area contributed by atoms with E-state index in [9.17, 15) is 9.70 Å². The van der Waals surface area contributed by atoms with Gasteiger partial charge in [-0.05, 0) is 36.4 Å². The molecule has 126 valence electrons. The number of nitrogens with zero attached hydrogens (tertiary/aromatic N) is 2. The summed E-state index contributed by atoms with van der Waals surface area (Å²) in [7, 11) is 0. The van der Waals surface area contributed by atoms with Gasteiger partial charge in [0.15, 0.2) is 0 Å². The summed E-state index contributed by atoms with van der Waals surface area (Å²) < 4.78 is 1.87. The smallest absolute Gasteiger partial charge is 0.356 e. The SMILES string of the molecule is O=C(ONCc1cccn1-c1ccc([N+](=O)O)cc1)c1ccccc1. The molecule has 7 heteroatoms. The van der Waals surface area contributed by atoms with Crippen molar-refractivity contribution in [3.05, 3.63) is 89.1 Å². The van der Waals surface area contributed by atoms with Crippen LogP contribution in [0, 0.1) is 4.91 Å². The number of rotatable bonds is 6. The molecule has 3 aromatic rings. The van der Waals surface area contributed by atoms with E-state index in [1.807, 2.05) is 29.0 Å². The van der Waals surface area contributed by atoms with Crippen molar-refractivity contribution in [2.75, 3.05) is 0 Å². The Hall–Kier alpha value is -3.45. The lowest BCUT2D eigenvalue weighted by Gasteiger charge is -2.10. The van der Waals surface area contributed by atoms with Crippen LogP contribution in [0.4, 0.5) is 5.69 Å². The van der Waals surface area contributed by atoms with Crippen LogP contribution in [0.25, 0.3) is 5.69 Å². The van der Waals surface area contributed by atoms with Gasteiger partial charge in [0.2, 0.25) is 0 Å². The molecule has 0 atom stereocenters. The summed E-state index contributed by atoms with van der Waals surface area (Å²) in [5.41, 5.74) is 4.93. The molecule has 7 nitrogen and oxygen atoms in total. The first kappa shape index (κ1) is 16.4. The van der Waals surface area contributed by atoms with Crippen LogP contribution in [-0.4, -0.2) is 20.7 Å². The molecule has 0 spiro atoms. The van der Waals surface area contributed by atoms with Crippen molar-refractivity contribution in [3.8, 4) is 5.69 Å². The van der Waals surface area contributed by atoms with Gasteiger partial charge in [-0.15, -0.1) is 5.48 Å². The third kappa shape index (κ3) is 3.91. The second-order valence-corrected chi connectivity index (χ2v) is 5.24. The molecule has 0 saturated carbocycles. The second kappa shape index (κ2) is 7.41. The van der Waals surface area contributed by atoms with Gasteiger partial charge in [-0.2, -0.15) is 0 Å². The summed E-state index contributed by atoms with van der Waals surface area (Å²) in [6, 6.07) is 18.9. The van der Waals surface area contributed by atoms with Crippen molar-refractivity contribution in [1.29, 1.82) is 0 Å². The lowest BCUT2D eigenvalue weighted by Crippen LogP contribution is -2.20. The average Bonchev–Trinajstić information content (AvgIpc) is 3.11. The predicted octanol–water partition coefficient (Wildman–Crippen LogP) is 3.14. The largest absolute Gasteiger partial charge is 0.366 e. The number of aromatic nitrogens is 1. The number of carbonyl (C=O) groups excluding carboxylic acids is 1. The Bertz CT molecular complexity index is 873. The van der Waals surface area contributed by atoms with Crippen molar-refractivity contribution in [1.82, 2.24) is 10.0 Å². The van der Waals surface area contributed by atoms with Gasteiger partial charge in [0, 0.05) is 29.7 Å². The van der Waals surface area contributed by atoms with Gasteiger partial charge in [-0.25, -0.2) is 10.0 Å². The molecular formula is C18H16N3O4+. The van der Waals surface area contributed by atoms with E-state index < -0.39 is 5.97 Å². The minimum Gasteiger partial charge on any atom is -0.366 e. The maximum atomic E-state index is 11.9. The quantitative estimate of drug-likeness (QED) is 0.675. The Morgan fingerprint density at radius 3 is 2.44 bits per heavy atom. The van der Waals surface area contributed by atoms with E-state index >= 15 is 0 Å². The summed E-state index contributed by atoms with van der Waals surface area (Å²) in [5, 5.41) is 8.87. The van der Waals surface area contributed by atoms with E-state index in [0.717, 1.165) is 11.4 Å².